The molecule has 3 nitrogen and oxygen atoms in total. The maximum Gasteiger partial charge on any atom is 0.322 e. The Bertz CT molecular complexity index is 308. The minimum absolute atomic E-state index is 0.271. The summed E-state index contributed by atoms with van der Waals surface area (Å²) in [6, 6.07) is 7.01. The second kappa shape index (κ2) is 5.12. The van der Waals surface area contributed by atoms with Gasteiger partial charge in [-0.1, -0.05) is 28.1 Å². The van der Waals surface area contributed by atoms with Crippen LogP contribution in [0.5, 0.6) is 0 Å². The van der Waals surface area contributed by atoms with Crippen LogP contribution in [0.3, 0.4) is 0 Å². The molecule has 0 fully saturated rings. The van der Waals surface area contributed by atoms with Crippen molar-refractivity contribution in [1.29, 1.82) is 0 Å². The second-order valence-corrected chi connectivity index (χ2v) is 3.94. The van der Waals surface area contributed by atoms with E-state index >= 15 is 0 Å². The molecule has 0 aliphatic rings. The van der Waals surface area contributed by atoms with E-state index < -0.39 is 6.04 Å². The van der Waals surface area contributed by atoms with Gasteiger partial charge in [-0.2, -0.15) is 0 Å². The highest BCUT2D eigenvalue weighted by Crippen LogP contribution is 2.11. The van der Waals surface area contributed by atoms with Crippen molar-refractivity contribution in [2.75, 3.05) is 0 Å². The topological polar surface area (TPSA) is 52.3 Å². The lowest BCUT2D eigenvalue weighted by atomic mass is 10.2. The molecule has 0 saturated carbocycles. The molecule has 1 aromatic carbocycles. The van der Waals surface area contributed by atoms with Gasteiger partial charge in [0.05, 0.1) is 0 Å². The standard InChI is InChI=1S/C10H12BrNO2/c1-7(12)10(13)14-6-8-2-4-9(11)5-3-8/h2-5,7H,6,12H2,1H3/t7-/m1/s1. The zero-order valence-corrected chi connectivity index (χ0v) is 9.45. The molecule has 0 unspecified atom stereocenters. The van der Waals surface area contributed by atoms with Gasteiger partial charge in [0.1, 0.15) is 12.6 Å². The van der Waals surface area contributed by atoms with E-state index in [-0.39, 0.29) is 12.6 Å². The van der Waals surface area contributed by atoms with E-state index in [1.165, 1.54) is 0 Å². The van der Waals surface area contributed by atoms with Crippen LogP contribution in [0.25, 0.3) is 0 Å². The number of halogens is 1. The molecule has 0 spiro atoms. The van der Waals surface area contributed by atoms with Crippen LogP contribution in [-0.2, 0) is 16.1 Å². The average Bonchev–Trinajstić information content (AvgIpc) is 2.16. The normalized spacial score (nSPS) is 12.2. The summed E-state index contributed by atoms with van der Waals surface area (Å²) >= 11 is 3.32. The van der Waals surface area contributed by atoms with Crippen molar-refractivity contribution in [3.63, 3.8) is 0 Å². The number of nitrogens with two attached hydrogens (primary N) is 1. The van der Waals surface area contributed by atoms with Gasteiger partial charge in [0.25, 0.3) is 0 Å². The third-order valence-electron chi connectivity index (χ3n) is 1.67. The van der Waals surface area contributed by atoms with E-state index in [1.54, 1.807) is 6.92 Å². The Kier molecular flexibility index (Phi) is 4.10. The van der Waals surface area contributed by atoms with Gasteiger partial charge in [-0.25, -0.2) is 0 Å². The van der Waals surface area contributed by atoms with Crippen LogP contribution >= 0.6 is 15.9 Å². The molecule has 0 saturated heterocycles. The van der Waals surface area contributed by atoms with Crippen molar-refractivity contribution in [2.45, 2.75) is 19.6 Å². The Labute approximate surface area is 91.4 Å². The number of hydrogen-bond donors (Lipinski definition) is 1. The molecule has 14 heavy (non-hydrogen) atoms. The molecule has 0 bridgehead atoms. The van der Waals surface area contributed by atoms with Gasteiger partial charge >= 0.3 is 5.97 Å². The molecule has 0 amide bonds. The number of carbonyl (C=O) groups excluding carboxylic acids is 1. The fourth-order valence-corrected chi connectivity index (χ4v) is 1.13. The molecule has 0 radical (unpaired) electrons. The molecule has 2 N–H and O–H groups in total. The van der Waals surface area contributed by atoms with Crippen molar-refractivity contribution < 1.29 is 9.53 Å². The smallest absolute Gasteiger partial charge is 0.322 e. The molecule has 1 aromatic rings. The molecule has 0 aliphatic carbocycles. The van der Waals surface area contributed by atoms with Gasteiger partial charge in [-0.3, -0.25) is 4.79 Å². The van der Waals surface area contributed by atoms with Crippen molar-refractivity contribution >= 4 is 21.9 Å². The first-order chi connectivity index (χ1) is 6.59. The van der Waals surface area contributed by atoms with Gasteiger partial charge in [0.2, 0.25) is 0 Å². The van der Waals surface area contributed by atoms with Crippen LogP contribution in [0.15, 0.2) is 28.7 Å². The summed E-state index contributed by atoms with van der Waals surface area (Å²) in [5.41, 5.74) is 6.29. The predicted molar refractivity (Wildman–Crippen MR) is 57.6 cm³/mol. The van der Waals surface area contributed by atoms with Crippen LogP contribution in [0.1, 0.15) is 12.5 Å². The maximum absolute atomic E-state index is 11.0. The maximum atomic E-state index is 11.0. The first-order valence-electron chi connectivity index (χ1n) is 4.26. The molecule has 1 rings (SSSR count). The van der Waals surface area contributed by atoms with Gasteiger partial charge in [-0.05, 0) is 24.6 Å². The van der Waals surface area contributed by atoms with Crippen molar-refractivity contribution in [3.8, 4) is 0 Å². The second-order valence-electron chi connectivity index (χ2n) is 3.02. The summed E-state index contributed by atoms with van der Waals surface area (Å²) in [4.78, 5) is 11.0. The van der Waals surface area contributed by atoms with E-state index in [9.17, 15) is 4.79 Å². The van der Waals surface area contributed by atoms with Gasteiger partial charge in [0.15, 0.2) is 0 Å². The first-order valence-corrected chi connectivity index (χ1v) is 5.05. The molecule has 4 heteroatoms. The fourth-order valence-electron chi connectivity index (χ4n) is 0.867. The SMILES string of the molecule is C[C@@H](N)C(=O)OCc1ccc(Br)cc1. The molecule has 0 heterocycles. The summed E-state index contributed by atoms with van der Waals surface area (Å²) in [5, 5.41) is 0. The summed E-state index contributed by atoms with van der Waals surface area (Å²) in [6.07, 6.45) is 0. The molecule has 0 aromatic heterocycles. The number of ether oxygens (including phenoxy) is 1. The third-order valence-corrected chi connectivity index (χ3v) is 2.19. The van der Waals surface area contributed by atoms with Crippen LogP contribution in [0.4, 0.5) is 0 Å². The molecule has 0 aliphatic heterocycles. The lowest BCUT2D eigenvalue weighted by Crippen LogP contribution is -2.28. The lowest BCUT2D eigenvalue weighted by Gasteiger charge is -2.06. The fraction of sp³-hybridized carbons (Fsp3) is 0.300. The monoisotopic (exact) mass is 257 g/mol. The van der Waals surface area contributed by atoms with Crippen molar-refractivity contribution in [2.24, 2.45) is 5.73 Å². The number of esters is 1. The van der Waals surface area contributed by atoms with Crippen molar-refractivity contribution in [3.05, 3.63) is 34.3 Å². The summed E-state index contributed by atoms with van der Waals surface area (Å²) < 4.78 is 5.95. The largest absolute Gasteiger partial charge is 0.460 e. The Balaban J connectivity index is 2.46. The molecular weight excluding hydrogens is 246 g/mol. The minimum atomic E-state index is -0.564. The quantitative estimate of drug-likeness (QED) is 0.841. The lowest BCUT2D eigenvalue weighted by molar-refractivity contribution is -0.146. The number of benzene rings is 1. The highest BCUT2D eigenvalue weighted by Gasteiger charge is 2.08. The Morgan fingerprint density at radius 2 is 2.07 bits per heavy atom. The third kappa shape index (κ3) is 3.47. The molecule has 1 atom stereocenters. The average molecular weight is 258 g/mol. The van der Waals surface area contributed by atoms with Gasteiger partial charge < -0.3 is 10.5 Å². The Morgan fingerprint density at radius 1 is 1.50 bits per heavy atom. The Morgan fingerprint density at radius 3 is 2.57 bits per heavy atom. The summed E-state index contributed by atoms with van der Waals surface area (Å²) in [7, 11) is 0. The minimum Gasteiger partial charge on any atom is -0.460 e. The van der Waals surface area contributed by atoms with Crippen LogP contribution in [0, 0.1) is 0 Å². The first kappa shape index (κ1) is 11.2. The van der Waals surface area contributed by atoms with Crippen LogP contribution in [0.2, 0.25) is 0 Å². The predicted octanol–water partition coefficient (Wildman–Crippen LogP) is 1.84. The zero-order chi connectivity index (χ0) is 10.6. The molecular formula is C10H12BrNO2. The summed E-state index contributed by atoms with van der Waals surface area (Å²) in [5.74, 6) is -0.382. The van der Waals surface area contributed by atoms with E-state index in [4.69, 9.17) is 10.5 Å². The number of carbonyl (C=O) groups is 1. The summed E-state index contributed by atoms with van der Waals surface area (Å²) in [6.45, 7) is 1.87. The highest BCUT2D eigenvalue weighted by atomic mass is 79.9. The zero-order valence-electron chi connectivity index (χ0n) is 7.87. The van der Waals surface area contributed by atoms with Crippen LogP contribution < -0.4 is 5.73 Å². The van der Waals surface area contributed by atoms with E-state index in [2.05, 4.69) is 15.9 Å². The van der Waals surface area contributed by atoms with Crippen LogP contribution in [-0.4, -0.2) is 12.0 Å². The molecule has 76 valence electrons. The van der Waals surface area contributed by atoms with Gasteiger partial charge in [-0.15, -0.1) is 0 Å². The van der Waals surface area contributed by atoms with E-state index in [0.717, 1.165) is 10.0 Å². The number of hydrogen-bond acceptors (Lipinski definition) is 3. The Hall–Kier alpha value is -0.870. The van der Waals surface area contributed by atoms with Crippen molar-refractivity contribution in [1.82, 2.24) is 0 Å². The van der Waals surface area contributed by atoms with E-state index in [1.807, 2.05) is 24.3 Å². The highest BCUT2D eigenvalue weighted by molar-refractivity contribution is 9.10. The van der Waals surface area contributed by atoms with E-state index in [0.29, 0.717) is 0 Å². The number of rotatable bonds is 3. The van der Waals surface area contributed by atoms with Gasteiger partial charge in [0, 0.05) is 4.47 Å².